The first-order valence-corrected chi connectivity index (χ1v) is 4.01. The van der Waals surface area contributed by atoms with Gasteiger partial charge < -0.3 is 15.4 Å². The van der Waals surface area contributed by atoms with Gasteiger partial charge in [0.15, 0.2) is 0 Å². The van der Waals surface area contributed by atoms with E-state index in [2.05, 4.69) is 15.4 Å². The molecule has 1 rings (SSSR count). The molecule has 0 atom stereocenters. The maximum atomic E-state index is 10.8. The summed E-state index contributed by atoms with van der Waals surface area (Å²) in [7, 11) is 1.36. The van der Waals surface area contributed by atoms with Crippen LogP contribution in [0.5, 0.6) is 0 Å². The molecule has 0 saturated heterocycles. The summed E-state index contributed by atoms with van der Waals surface area (Å²) in [6.45, 7) is 0.503. The van der Waals surface area contributed by atoms with Gasteiger partial charge in [0.25, 0.3) is 0 Å². The van der Waals surface area contributed by atoms with E-state index in [9.17, 15) is 9.59 Å². The number of hydrogen-bond donors (Lipinski definition) is 2. The molecule has 0 aliphatic carbocycles. The first-order valence-electron chi connectivity index (χ1n) is 4.01. The van der Waals surface area contributed by atoms with E-state index in [1.807, 2.05) is 0 Å². The van der Waals surface area contributed by atoms with E-state index in [1.165, 1.54) is 7.11 Å². The zero-order valence-corrected chi connectivity index (χ0v) is 7.42. The molecule has 0 radical (unpaired) electrons. The monoisotopic (exact) mass is 184 g/mol. The van der Waals surface area contributed by atoms with Crippen LogP contribution in [0.15, 0.2) is 11.8 Å². The fourth-order valence-electron chi connectivity index (χ4n) is 0.989. The highest BCUT2D eigenvalue weighted by molar-refractivity contribution is 5.76. The zero-order chi connectivity index (χ0) is 9.68. The fraction of sp³-hybridized carbons (Fsp3) is 0.500. The third-order valence-electron chi connectivity index (χ3n) is 1.76. The molecule has 0 fully saturated rings. The second-order valence-corrected chi connectivity index (χ2v) is 2.71. The van der Waals surface area contributed by atoms with Crippen LogP contribution in [-0.4, -0.2) is 25.7 Å². The summed E-state index contributed by atoms with van der Waals surface area (Å²) in [4.78, 5) is 21.4. The maximum Gasteiger partial charge on any atom is 0.319 e. The summed E-state index contributed by atoms with van der Waals surface area (Å²) in [6.07, 6.45) is 2.58. The standard InChI is InChI=1S/C8H12N2O3/c1-13-7(11)3-2-6-4-9-8(12)10-5-6/h4H,2-3,5H2,1H3,(H2,9,10,12). The van der Waals surface area contributed by atoms with Crippen molar-refractivity contribution < 1.29 is 14.3 Å². The number of amides is 2. The van der Waals surface area contributed by atoms with Gasteiger partial charge in [-0.2, -0.15) is 0 Å². The van der Waals surface area contributed by atoms with Crippen molar-refractivity contribution in [2.75, 3.05) is 13.7 Å². The molecule has 0 spiro atoms. The summed E-state index contributed by atoms with van der Waals surface area (Å²) in [5.74, 6) is -0.238. The Morgan fingerprint density at radius 3 is 3.00 bits per heavy atom. The van der Waals surface area contributed by atoms with Gasteiger partial charge in [-0.3, -0.25) is 4.79 Å². The molecule has 0 saturated carbocycles. The van der Waals surface area contributed by atoms with Crippen molar-refractivity contribution in [3.8, 4) is 0 Å². The topological polar surface area (TPSA) is 67.4 Å². The van der Waals surface area contributed by atoms with Gasteiger partial charge >= 0.3 is 12.0 Å². The van der Waals surface area contributed by atoms with Crippen molar-refractivity contribution in [2.24, 2.45) is 0 Å². The largest absolute Gasteiger partial charge is 0.469 e. The van der Waals surface area contributed by atoms with Crippen LogP contribution < -0.4 is 10.6 Å². The molecule has 5 nitrogen and oxygen atoms in total. The Kier molecular flexibility index (Phi) is 3.31. The van der Waals surface area contributed by atoms with Crippen LogP contribution in [0.2, 0.25) is 0 Å². The van der Waals surface area contributed by atoms with Crippen molar-refractivity contribution in [2.45, 2.75) is 12.8 Å². The Labute approximate surface area is 76.1 Å². The number of rotatable bonds is 3. The zero-order valence-electron chi connectivity index (χ0n) is 7.42. The molecular formula is C8H12N2O3. The van der Waals surface area contributed by atoms with Crippen molar-refractivity contribution in [1.29, 1.82) is 0 Å². The van der Waals surface area contributed by atoms with E-state index in [1.54, 1.807) is 6.20 Å². The summed E-state index contributed by atoms with van der Waals surface area (Å²) < 4.78 is 4.49. The molecule has 1 aliphatic rings. The van der Waals surface area contributed by atoms with Crippen molar-refractivity contribution >= 4 is 12.0 Å². The van der Waals surface area contributed by atoms with Gasteiger partial charge in [-0.15, -0.1) is 0 Å². The minimum absolute atomic E-state index is 0.207. The molecular weight excluding hydrogens is 172 g/mol. The highest BCUT2D eigenvalue weighted by Gasteiger charge is 2.09. The Hall–Kier alpha value is -1.52. The highest BCUT2D eigenvalue weighted by atomic mass is 16.5. The van der Waals surface area contributed by atoms with Gasteiger partial charge in [-0.25, -0.2) is 4.79 Å². The molecule has 2 amide bonds. The van der Waals surface area contributed by atoms with Gasteiger partial charge in [0, 0.05) is 19.2 Å². The molecule has 1 heterocycles. The van der Waals surface area contributed by atoms with E-state index in [-0.39, 0.29) is 12.0 Å². The lowest BCUT2D eigenvalue weighted by Crippen LogP contribution is -2.38. The molecule has 13 heavy (non-hydrogen) atoms. The molecule has 0 aromatic carbocycles. The quantitative estimate of drug-likeness (QED) is 0.613. The fourth-order valence-corrected chi connectivity index (χ4v) is 0.989. The van der Waals surface area contributed by atoms with Gasteiger partial charge in [-0.05, 0) is 12.0 Å². The third-order valence-corrected chi connectivity index (χ3v) is 1.76. The summed E-state index contributed by atoms with van der Waals surface area (Å²) >= 11 is 0. The van der Waals surface area contributed by atoms with Crippen LogP contribution >= 0.6 is 0 Å². The maximum absolute atomic E-state index is 10.8. The Bertz CT molecular complexity index is 248. The smallest absolute Gasteiger partial charge is 0.319 e. The number of nitrogens with one attached hydrogen (secondary N) is 2. The Morgan fingerprint density at radius 1 is 1.69 bits per heavy atom. The lowest BCUT2D eigenvalue weighted by atomic mass is 10.1. The van der Waals surface area contributed by atoms with E-state index in [4.69, 9.17) is 0 Å². The van der Waals surface area contributed by atoms with E-state index < -0.39 is 0 Å². The highest BCUT2D eigenvalue weighted by Crippen LogP contribution is 2.05. The van der Waals surface area contributed by atoms with E-state index in [0.717, 1.165) is 5.57 Å². The number of carbonyl (C=O) groups is 2. The predicted octanol–water partition coefficient (Wildman–Crippen LogP) is 0.136. The Morgan fingerprint density at radius 2 is 2.46 bits per heavy atom. The van der Waals surface area contributed by atoms with Crippen LogP contribution in [0.3, 0.4) is 0 Å². The van der Waals surface area contributed by atoms with Crippen molar-refractivity contribution in [1.82, 2.24) is 10.6 Å². The molecule has 5 heteroatoms. The van der Waals surface area contributed by atoms with Crippen molar-refractivity contribution in [3.05, 3.63) is 11.8 Å². The average Bonchev–Trinajstić information content (AvgIpc) is 2.16. The molecule has 0 unspecified atom stereocenters. The van der Waals surface area contributed by atoms with Crippen LogP contribution in [0.4, 0.5) is 4.79 Å². The first-order chi connectivity index (χ1) is 6.22. The number of hydrogen-bond acceptors (Lipinski definition) is 3. The number of carbonyl (C=O) groups excluding carboxylic acids is 2. The van der Waals surface area contributed by atoms with Crippen LogP contribution in [-0.2, 0) is 9.53 Å². The van der Waals surface area contributed by atoms with Crippen LogP contribution in [0.1, 0.15) is 12.8 Å². The molecule has 0 bridgehead atoms. The van der Waals surface area contributed by atoms with E-state index >= 15 is 0 Å². The molecule has 1 aliphatic heterocycles. The lowest BCUT2D eigenvalue weighted by molar-refractivity contribution is -0.140. The number of methoxy groups -OCH3 is 1. The molecule has 72 valence electrons. The summed E-state index contributed by atoms with van der Waals surface area (Å²) in [5.41, 5.74) is 0.991. The number of ether oxygens (including phenoxy) is 1. The van der Waals surface area contributed by atoms with Gasteiger partial charge in [0.05, 0.1) is 7.11 Å². The average molecular weight is 184 g/mol. The van der Waals surface area contributed by atoms with Crippen LogP contribution in [0, 0.1) is 0 Å². The summed E-state index contributed by atoms with van der Waals surface area (Å²) in [5, 5.41) is 5.11. The van der Waals surface area contributed by atoms with Crippen molar-refractivity contribution in [3.63, 3.8) is 0 Å². The van der Waals surface area contributed by atoms with Gasteiger partial charge in [-0.1, -0.05) is 0 Å². The SMILES string of the molecule is COC(=O)CCC1=CNC(=O)NC1. The lowest BCUT2D eigenvalue weighted by Gasteiger charge is -2.14. The van der Waals surface area contributed by atoms with E-state index in [0.29, 0.717) is 19.4 Å². The molecule has 0 aromatic rings. The minimum Gasteiger partial charge on any atom is -0.469 e. The molecule has 2 N–H and O–H groups in total. The van der Waals surface area contributed by atoms with Gasteiger partial charge in [0.2, 0.25) is 0 Å². The number of esters is 1. The number of urea groups is 1. The summed E-state index contributed by atoms with van der Waals surface area (Å²) in [6, 6.07) is -0.207. The third kappa shape index (κ3) is 3.14. The second kappa shape index (κ2) is 4.49. The first kappa shape index (κ1) is 9.57. The normalized spacial score (nSPS) is 15.5. The minimum atomic E-state index is -0.238. The second-order valence-electron chi connectivity index (χ2n) is 2.71. The Balaban J connectivity index is 2.30. The van der Waals surface area contributed by atoms with Gasteiger partial charge in [0.1, 0.15) is 0 Å². The molecule has 0 aromatic heterocycles. The van der Waals surface area contributed by atoms with Crippen LogP contribution in [0.25, 0.3) is 0 Å². The predicted molar refractivity (Wildman–Crippen MR) is 45.9 cm³/mol.